The number of rotatable bonds is 56. The minimum atomic E-state index is -0.667. The van der Waals surface area contributed by atoms with Gasteiger partial charge in [-0.3, -0.25) is 9.59 Å². The van der Waals surface area contributed by atoms with Gasteiger partial charge in [-0.2, -0.15) is 0 Å². The van der Waals surface area contributed by atoms with Crippen molar-refractivity contribution in [2.75, 3.05) is 13.2 Å². The van der Waals surface area contributed by atoms with Gasteiger partial charge in [0.1, 0.15) is 0 Å². The zero-order valence-corrected chi connectivity index (χ0v) is 44.7. The second-order valence-corrected chi connectivity index (χ2v) is 20.7. The van der Waals surface area contributed by atoms with Crippen LogP contribution in [-0.4, -0.2) is 47.4 Å². The maximum atomic E-state index is 12.5. The summed E-state index contributed by atoms with van der Waals surface area (Å²) in [5.74, 6) is -0.0391. The summed E-state index contributed by atoms with van der Waals surface area (Å²) < 4.78 is 5.48. The first-order chi connectivity index (χ1) is 32.5. The number of esters is 1. The third-order valence-electron chi connectivity index (χ3n) is 14.1. The number of allylic oxidation sites excluding steroid dienone is 2. The van der Waals surface area contributed by atoms with Crippen molar-refractivity contribution in [2.45, 2.75) is 347 Å². The maximum absolute atomic E-state index is 12.5. The topological polar surface area (TPSA) is 95.9 Å². The normalized spacial score (nSPS) is 12.6. The average molecular weight is 933 g/mol. The van der Waals surface area contributed by atoms with Crippen LogP contribution in [0.1, 0.15) is 335 Å². The van der Waals surface area contributed by atoms with Crippen molar-refractivity contribution < 1.29 is 24.5 Å². The van der Waals surface area contributed by atoms with Crippen LogP contribution in [0.15, 0.2) is 12.2 Å². The van der Waals surface area contributed by atoms with E-state index in [1.165, 1.54) is 257 Å². The van der Waals surface area contributed by atoms with Crippen molar-refractivity contribution in [3.8, 4) is 0 Å². The molecular formula is C60H117NO5. The zero-order valence-electron chi connectivity index (χ0n) is 44.7. The molecule has 0 aliphatic heterocycles. The van der Waals surface area contributed by atoms with E-state index in [0.29, 0.717) is 25.9 Å². The number of nitrogens with one attached hydrogen (secondary N) is 1. The van der Waals surface area contributed by atoms with Gasteiger partial charge in [-0.25, -0.2) is 0 Å². The van der Waals surface area contributed by atoms with Gasteiger partial charge < -0.3 is 20.3 Å². The minimum Gasteiger partial charge on any atom is -0.466 e. The summed E-state index contributed by atoms with van der Waals surface area (Å²) in [6.07, 6.45) is 66.3. The Bertz CT molecular complexity index is 986. The molecule has 0 heterocycles. The van der Waals surface area contributed by atoms with Crippen LogP contribution < -0.4 is 5.32 Å². The molecular weight excluding hydrogens is 815 g/mol. The summed E-state index contributed by atoms with van der Waals surface area (Å²) in [5.41, 5.74) is 0. The van der Waals surface area contributed by atoms with Gasteiger partial charge in [-0.05, 0) is 51.4 Å². The second-order valence-electron chi connectivity index (χ2n) is 20.7. The van der Waals surface area contributed by atoms with Crippen LogP contribution in [-0.2, 0) is 14.3 Å². The zero-order chi connectivity index (χ0) is 47.9. The molecule has 1 amide bonds. The molecule has 6 nitrogen and oxygen atoms in total. The van der Waals surface area contributed by atoms with Crippen LogP contribution in [0.5, 0.6) is 0 Å². The van der Waals surface area contributed by atoms with E-state index in [-0.39, 0.29) is 18.5 Å². The molecule has 66 heavy (non-hydrogen) atoms. The van der Waals surface area contributed by atoms with Crippen molar-refractivity contribution in [1.82, 2.24) is 5.32 Å². The number of carbonyl (C=O) groups excluding carboxylic acids is 2. The molecule has 0 aliphatic carbocycles. The molecule has 0 saturated heterocycles. The van der Waals surface area contributed by atoms with E-state index in [4.69, 9.17) is 4.74 Å². The lowest BCUT2D eigenvalue weighted by Gasteiger charge is -2.22. The molecule has 0 spiro atoms. The van der Waals surface area contributed by atoms with E-state index in [1.54, 1.807) is 0 Å². The standard InChI is InChI=1S/C60H117NO5/c1-3-5-7-9-11-13-15-17-19-24-28-32-36-40-44-48-52-58(63)57(56-62)61-59(64)53-49-45-41-37-33-29-25-22-21-23-27-31-35-39-43-47-51-55-66-60(65)54-50-46-42-38-34-30-26-20-18-16-14-12-10-8-6-4-2/h20,26,57-58,62-63H,3-19,21-25,27-56H2,1-2H3,(H,61,64)/b26-20-. The lowest BCUT2D eigenvalue weighted by molar-refractivity contribution is -0.143. The van der Waals surface area contributed by atoms with E-state index >= 15 is 0 Å². The van der Waals surface area contributed by atoms with Crippen LogP contribution in [0.25, 0.3) is 0 Å². The molecule has 0 bridgehead atoms. The number of hydrogen-bond donors (Lipinski definition) is 3. The van der Waals surface area contributed by atoms with Crippen molar-refractivity contribution in [1.29, 1.82) is 0 Å². The number of ether oxygens (including phenoxy) is 1. The van der Waals surface area contributed by atoms with Gasteiger partial charge in [-0.1, -0.05) is 283 Å². The van der Waals surface area contributed by atoms with Gasteiger partial charge in [0.2, 0.25) is 5.91 Å². The molecule has 0 rings (SSSR count). The Balaban J connectivity index is 3.40. The fourth-order valence-corrected chi connectivity index (χ4v) is 9.46. The Hall–Kier alpha value is -1.40. The fraction of sp³-hybridized carbons (Fsp3) is 0.933. The summed E-state index contributed by atoms with van der Waals surface area (Å²) in [5, 5.41) is 23.3. The fourth-order valence-electron chi connectivity index (χ4n) is 9.46. The maximum Gasteiger partial charge on any atom is 0.305 e. The predicted octanol–water partition coefficient (Wildman–Crippen LogP) is 18.5. The number of unbranched alkanes of at least 4 members (excludes halogenated alkanes) is 43. The highest BCUT2D eigenvalue weighted by molar-refractivity contribution is 5.76. The van der Waals surface area contributed by atoms with E-state index in [1.807, 2.05) is 0 Å². The molecule has 0 fully saturated rings. The summed E-state index contributed by atoms with van der Waals surface area (Å²) in [6, 6.07) is -0.545. The van der Waals surface area contributed by atoms with Crippen LogP contribution >= 0.6 is 0 Å². The van der Waals surface area contributed by atoms with Crippen molar-refractivity contribution in [2.24, 2.45) is 0 Å². The van der Waals surface area contributed by atoms with Crippen LogP contribution in [0.2, 0.25) is 0 Å². The summed E-state index contributed by atoms with van der Waals surface area (Å²) >= 11 is 0. The number of amides is 1. The molecule has 2 atom stereocenters. The van der Waals surface area contributed by atoms with Crippen molar-refractivity contribution in [3.05, 3.63) is 12.2 Å². The van der Waals surface area contributed by atoms with E-state index in [9.17, 15) is 19.8 Å². The first-order valence-corrected chi connectivity index (χ1v) is 29.9. The average Bonchev–Trinajstić information content (AvgIpc) is 3.32. The smallest absolute Gasteiger partial charge is 0.305 e. The van der Waals surface area contributed by atoms with E-state index in [2.05, 4.69) is 31.3 Å². The quantitative estimate of drug-likeness (QED) is 0.0321. The third-order valence-corrected chi connectivity index (χ3v) is 14.1. The molecule has 0 radical (unpaired) electrons. The van der Waals surface area contributed by atoms with Crippen molar-refractivity contribution in [3.63, 3.8) is 0 Å². The lowest BCUT2D eigenvalue weighted by atomic mass is 10.0. The Morgan fingerprint density at radius 2 is 0.712 bits per heavy atom. The van der Waals surface area contributed by atoms with Gasteiger partial charge in [0.15, 0.2) is 0 Å². The molecule has 0 aromatic heterocycles. The highest BCUT2D eigenvalue weighted by atomic mass is 16.5. The number of aliphatic hydroxyl groups excluding tert-OH is 2. The van der Waals surface area contributed by atoms with E-state index in [0.717, 1.165) is 44.9 Å². The van der Waals surface area contributed by atoms with E-state index < -0.39 is 12.1 Å². The summed E-state index contributed by atoms with van der Waals surface area (Å²) in [6.45, 7) is 4.96. The molecule has 0 aliphatic rings. The van der Waals surface area contributed by atoms with Gasteiger partial charge in [0.25, 0.3) is 0 Å². The minimum absolute atomic E-state index is 0.00121. The number of hydrogen-bond acceptors (Lipinski definition) is 5. The third kappa shape index (κ3) is 52.0. The van der Waals surface area contributed by atoms with Crippen LogP contribution in [0.3, 0.4) is 0 Å². The van der Waals surface area contributed by atoms with Gasteiger partial charge in [0, 0.05) is 12.8 Å². The van der Waals surface area contributed by atoms with Crippen LogP contribution in [0, 0.1) is 0 Å². The van der Waals surface area contributed by atoms with Crippen LogP contribution in [0.4, 0.5) is 0 Å². The largest absolute Gasteiger partial charge is 0.466 e. The number of carbonyl (C=O) groups is 2. The monoisotopic (exact) mass is 932 g/mol. The highest BCUT2D eigenvalue weighted by Gasteiger charge is 2.20. The molecule has 6 heteroatoms. The lowest BCUT2D eigenvalue weighted by Crippen LogP contribution is -2.45. The predicted molar refractivity (Wildman–Crippen MR) is 287 cm³/mol. The Kier molecular flexibility index (Phi) is 55.0. The second kappa shape index (κ2) is 56.2. The number of aliphatic hydroxyl groups is 2. The Morgan fingerprint density at radius 1 is 0.409 bits per heavy atom. The molecule has 3 N–H and O–H groups in total. The van der Waals surface area contributed by atoms with Crippen molar-refractivity contribution >= 4 is 11.9 Å². The molecule has 0 aromatic carbocycles. The summed E-state index contributed by atoms with van der Waals surface area (Å²) in [4.78, 5) is 24.5. The SMILES string of the molecule is CCCCCCCCC/C=C\CCCCCCCC(=O)OCCCCCCCCCCCCCCCCCCCC(=O)NC(CO)C(O)CCCCCCCCCCCCCCCCCC. The van der Waals surface area contributed by atoms with Gasteiger partial charge in [-0.15, -0.1) is 0 Å². The van der Waals surface area contributed by atoms with Gasteiger partial charge in [0.05, 0.1) is 25.4 Å². The molecule has 2 unspecified atom stereocenters. The Labute approximate surface area is 412 Å². The van der Waals surface area contributed by atoms with Gasteiger partial charge >= 0.3 is 5.97 Å². The first kappa shape index (κ1) is 64.6. The first-order valence-electron chi connectivity index (χ1n) is 29.9. The Morgan fingerprint density at radius 3 is 1.08 bits per heavy atom. The summed E-state index contributed by atoms with van der Waals surface area (Å²) in [7, 11) is 0. The molecule has 0 aromatic rings. The highest BCUT2D eigenvalue weighted by Crippen LogP contribution is 2.18. The molecule has 0 saturated carbocycles. The molecule has 392 valence electrons.